The first-order valence-corrected chi connectivity index (χ1v) is 6.77. The monoisotopic (exact) mass is 309 g/mol. The van der Waals surface area contributed by atoms with Crippen LogP contribution in [0, 0.1) is 13.8 Å². The van der Waals surface area contributed by atoms with Crippen molar-refractivity contribution in [2.45, 2.75) is 27.2 Å². The summed E-state index contributed by atoms with van der Waals surface area (Å²) in [6, 6.07) is 2.00. The van der Waals surface area contributed by atoms with E-state index < -0.39 is 0 Å². The van der Waals surface area contributed by atoms with Gasteiger partial charge in [-0.1, -0.05) is 6.92 Å². The molecule has 0 radical (unpaired) electrons. The largest absolute Gasteiger partial charge is 0.351 e. The van der Waals surface area contributed by atoms with E-state index in [1.165, 1.54) is 0 Å². The molecule has 0 aromatic carbocycles. The highest BCUT2D eigenvalue weighted by Crippen LogP contribution is 2.22. The standard InChI is InChI=1S/C13H16BrN3O/c1-4-5-15-13(18)11-9(3)16-12-10(14)6-8(2)7-17(11)12/h6-7H,4-5H2,1-3H3,(H,15,18). The smallest absolute Gasteiger partial charge is 0.270 e. The van der Waals surface area contributed by atoms with Crippen LogP contribution < -0.4 is 5.32 Å². The van der Waals surface area contributed by atoms with E-state index >= 15 is 0 Å². The number of halogens is 1. The topological polar surface area (TPSA) is 46.4 Å². The second kappa shape index (κ2) is 5.10. The Labute approximate surface area is 115 Å². The van der Waals surface area contributed by atoms with Crippen LogP contribution in [0.15, 0.2) is 16.7 Å². The Hall–Kier alpha value is -1.36. The lowest BCUT2D eigenvalue weighted by Crippen LogP contribution is -2.26. The van der Waals surface area contributed by atoms with Gasteiger partial charge in [0.25, 0.3) is 5.91 Å². The quantitative estimate of drug-likeness (QED) is 0.947. The highest BCUT2D eigenvalue weighted by Gasteiger charge is 2.17. The number of aromatic nitrogens is 2. The molecule has 96 valence electrons. The molecular weight excluding hydrogens is 294 g/mol. The molecule has 1 N–H and O–H groups in total. The van der Waals surface area contributed by atoms with Crippen molar-refractivity contribution in [3.05, 3.63) is 33.7 Å². The van der Waals surface area contributed by atoms with Gasteiger partial charge in [0, 0.05) is 12.7 Å². The van der Waals surface area contributed by atoms with Gasteiger partial charge in [0.2, 0.25) is 0 Å². The fraction of sp³-hybridized carbons (Fsp3) is 0.385. The van der Waals surface area contributed by atoms with Gasteiger partial charge >= 0.3 is 0 Å². The normalized spacial score (nSPS) is 10.9. The van der Waals surface area contributed by atoms with Crippen molar-refractivity contribution >= 4 is 27.5 Å². The van der Waals surface area contributed by atoms with Gasteiger partial charge in [-0.2, -0.15) is 0 Å². The van der Waals surface area contributed by atoms with Crippen molar-refractivity contribution in [1.82, 2.24) is 14.7 Å². The Morgan fingerprint density at radius 1 is 1.50 bits per heavy atom. The van der Waals surface area contributed by atoms with E-state index in [0.717, 1.165) is 27.8 Å². The van der Waals surface area contributed by atoms with E-state index in [-0.39, 0.29) is 5.91 Å². The molecule has 2 heterocycles. The molecule has 0 spiro atoms. The summed E-state index contributed by atoms with van der Waals surface area (Å²) >= 11 is 3.48. The molecule has 0 fully saturated rings. The van der Waals surface area contributed by atoms with Gasteiger partial charge in [0.1, 0.15) is 5.69 Å². The lowest BCUT2D eigenvalue weighted by atomic mass is 10.3. The average Bonchev–Trinajstić information content (AvgIpc) is 2.63. The Kier molecular flexibility index (Phi) is 3.71. The highest BCUT2D eigenvalue weighted by atomic mass is 79.9. The maximum Gasteiger partial charge on any atom is 0.270 e. The number of hydrogen-bond acceptors (Lipinski definition) is 2. The van der Waals surface area contributed by atoms with E-state index in [4.69, 9.17) is 0 Å². The molecule has 0 aliphatic rings. The van der Waals surface area contributed by atoms with Crippen molar-refractivity contribution in [1.29, 1.82) is 0 Å². The molecule has 0 saturated carbocycles. The molecule has 0 unspecified atom stereocenters. The molecule has 2 aromatic heterocycles. The zero-order chi connectivity index (χ0) is 13.3. The number of carbonyl (C=O) groups excluding carboxylic acids is 1. The maximum atomic E-state index is 12.1. The number of nitrogens with one attached hydrogen (secondary N) is 1. The Morgan fingerprint density at radius 2 is 2.22 bits per heavy atom. The molecule has 18 heavy (non-hydrogen) atoms. The number of imidazole rings is 1. The lowest BCUT2D eigenvalue weighted by molar-refractivity contribution is 0.0947. The number of fused-ring (bicyclic) bond motifs is 1. The maximum absolute atomic E-state index is 12.1. The van der Waals surface area contributed by atoms with Gasteiger partial charge in [-0.05, 0) is 47.8 Å². The Morgan fingerprint density at radius 3 is 2.89 bits per heavy atom. The van der Waals surface area contributed by atoms with Crippen molar-refractivity contribution < 1.29 is 4.79 Å². The summed E-state index contributed by atoms with van der Waals surface area (Å²) in [5.74, 6) is -0.0700. The van der Waals surface area contributed by atoms with Crippen LogP contribution in [0.25, 0.3) is 5.65 Å². The van der Waals surface area contributed by atoms with E-state index in [1.807, 2.05) is 37.4 Å². The van der Waals surface area contributed by atoms with E-state index in [2.05, 4.69) is 26.2 Å². The predicted molar refractivity (Wildman–Crippen MR) is 75.0 cm³/mol. The third kappa shape index (κ3) is 2.27. The average molecular weight is 310 g/mol. The molecule has 1 amide bonds. The minimum atomic E-state index is -0.0700. The molecule has 0 aliphatic carbocycles. The van der Waals surface area contributed by atoms with Gasteiger partial charge < -0.3 is 5.32 Å². The lowest BCUT2D eigenvalue weighted by Gasteiger charge is -2.05. The molecule has 0 aliphatic heterocycles. The number of rotatable bonds is 3. The third-order valence-electron chi connectivity index (χ3n) is 2.74. The molecule has 2 aromatic rings. The predicted octanol–water partition coefficient (Wildman–Crippen LogP) is 2.85. The second-order valence-electron chi connectivity index (χ2n) is 4.36. The van der Waals surface area contributed by atoms with Gasteiger partial charge in [-0.3, -0.25) is 9.20 Å². The summed E-state index contributed by atoms with van der Waals surface area (Å²) in [6.45, 7) is 6.56. The number of pyridine rings is 1. The third-order valence-corrected chi connectivity index (χ3v) is 3.32. The van der Waals surface area contributed by atoms with Gasteiger partial charge in [0.05, 0.1) is 10.2 Å². The van der Waals surface area contributed by atoms with Crippen LogP contribution in [0.5, 0.6) is 0 Å². The Balaban J connectivity index is 2.56. The van der Waals surface area contributed by atoms with E-state index in [0.29, 0.717) is 12.2 Å². The number of carbonyl (C=O) groups is 1. The van der Waals surface area contributed by atoms with Gasteiger partial charge in [-0.15, -0.1) is 0 Å². The molecule has 0 saturated heterocycles. The molecule has 0 bridgehead atoms. The molecule has 2 rings (SSSR count). The zero-order valence-corrected chi connectivity index (χ0v) is 12.3. The minimum absolute atomic E-state index is 0.0700. The fourth-order valence-corrected chi connectivity index (χ4v) is 2.58. The summed E-state index contributed by atoms with van der Waals surface area (Å²) < 4.78 is 2.75. The zero-order valence-electron chi connectivity index (χ0n) is 10.7. The van der Waals surface area contributed by atoms with Crippen molar-refractivity contribution in [3.8, 4) is 0 Å². The number of nitrogens with zero attached hydrogens (tertiary/aromatic N) is 2. The first kappa shape index (κ1) is 13.1. The van der Waals surface area contributed by atoms with E-state index in [9.17, 15) is 4.79 Å². The molecule has 4 nitrogen and oxygen atoms in total. The van der Waals surface area contributed by atoms with Crippen LogP contribution in [-0.4, -0.2) is 21.8 Å². The van der Waals surface area contributed by atoms with Crippen molar-refractivity contribution in [3.63, 3.8) is 0 Å². The summed E-state index contributed by atoms with van der Waals surface area (Å²) in [4.78, 5) is 16.6. The summed E-state index contributed by atoms with van der Waals surface area (Å²) in [5, 5.41) is 2.89. The van der Waals surface area contributed by atoms with Crippen LogP contribution in [0.2, 0.25) is 0 Å². The molecular formula is C13H16BrN3O. The Bertz CT molecular complexity index is 604. The fourth-order valence-electron chi connectivity index (χ4n) is 1.94. The van der Waals surface area contributed by atoms with Gasteiger partial charge in [-0.25, -0.2) is 4.98 Å². The summed E-state index contributed by atoms with van der Waals surface area (Å²) in [7, 11) is 0. The summed E-state index contributed by atoms with van der Waals surface area (Å²) in [6.07, 6.45) is 2.85. The van der Waals surface area contributed by atoms with E-state index in [1.54, 1.807) is 0 Å². The van der Waals surface area contributed by atoms with Gasteiger partial charge in [0.15, 0.2) is 5.65 Å². The molecule has 5 heteroatoms. The van der Waals surface area contributed by atoms with Crippen molar-refractivity contribution in [2.75, 3.05) is 6.54 Å². The first-order valence-electron chi connectivity index (χ1n) is 5.97. The minimum Gasteiger partial charge on any atom is -0.351 e. The van der Waals surface area contributed by atoms with Crippen molar-refractivity contribution in [2.24, 2.45) is 0 Å². The number of hydrogen-bond donors (Lipinski definition) is 1. The molecule has 0 atom stereocenters. The van der Waals surface area contributed by atoms with Crippen LogP contribution in [-0.2, 0) is 0 Å². The van der Waals surface area contributed by atoms with Crippen LogP contribution in [0.3, 0.4) is 0 Å². The number of amides is 1. The van der Waals surface area contributed by atoms with Crippen LogP contribution in [0.4, 0.5) is 0 Å². The summed E-state index contributed by atoms with van der Waals surface area (Å²) in [5.41, 5.74) is 3.22. The highest BCUT2D eigenvalue weighted by molar-refractivity contribution is 9.10. The number of aryl methyl sites for hydroxylation is 2. The van der Waals surface area contributed by atoms with Crippen LogP contribution in [0.1, 0.15) is 35.1 Å². The first-order chi connectivity index (χ1) is 8.54. The second-order valence-corrected chi connectivity index (χ2v) is 5.22. The van der Waals surface area contributed by atoms with Crippen LogP contribution >= 0.6 is 15.9 Å². The SMILES string of the molecule is CCCNC(=O)c1c(C)nc2c(Br)cc(C)cn12.